The van der Waals surface area contributed by atoms with Crippen LogP contribution in [0.25, 0.3) is 0 Å². The number of rotatable bonds is 5. The molecule has 2 rings (SSSR count). The predicted molar refractivity (Wildman–Crippen MR) is 78.2 cm³/mol. The van der Waals surface area contributed by atoms with E-state index < -0.39 is 23.9 Å². The van der Waals surface area contributed by atoms with Gasteiger partial charge in [0, 0.05) is 11.6 Å². The van der Waals surface area contributed by atoms with Gasteiger partial charge in [0.2, 0.25) is 0 Å². The maximum Gasteiger partial charge on any atom is 0.408 e. The molecule has 0 heterocycles. The Kier molecular flexibility index (Phi) is 5.14. The van der Waals surface area contributed by atoms with Crippen molar-refractivity contribution >= 4 is 12.1 Å². The summed E-state index contributed by atoms with van der Waals surface area (Å²) >= 11 is 0. The molecule has 0 spiro atoms. The number of carbonyl (C=O) groups is 2. The summed E-state index contributed by atoms with van der Waals surface area (Å²) in [5.74, 6) is -2.74. The van der Waals surface area contributed by atoms with Crippen LogP contribution in [0.3, 0.4) is 0 Å². The molecule has 0 bridgehead atoms. The molecule has 0 aliphatic carbocycles. The zero-order valence-electron chi connectivity index (χ0n) is 11.9. The van der Waals surface area contributed by atoms with Crippen LogP contribution in [-0.4, -0.2) is 22.3 Å². The Balaban J connectivity index is 2.04. The van der Waals surface area contributed by atoms with Crippen molar-refractivity contribution in [1.82, 2.24) is 5.32 Å². The molecule has 3 N–H and O–H groups in total. The number of carbonyl (C=O) groups excluding carboxylic acids is 1. The van der Waals surface area contributed by atoms with Crippen LogP contribution in [0.2, 0.25) is 0 Å². The molecule has 120 valence electrons. The number of phenols is 1. The van der Waals surface area contributed by atoms with Crippen molar-refractivity contribution < 1.29 is 28.9 Å². The molecule has 2 aromatic rings. The third kappa shape index (κ3) is 4.44. The number of benzene rings is 2. The molecule has 0 aliphatic heterocycles. The van der Waals surface area contributed by atoms with E-state index in [0.717, 1.165) is 23.8 Å². The number of phenolic OH excluding ortho intramolecular Hbond substituents is 1. The topological polar surface area (TPSA) is 95.9 Å². The van der Waals surface area contributed by atoms with E-state index in [4.69, 9.17) is 14.9 Å². The standard InChI is InChI=1S/C16H14FNO5/c17-13-8-11(19)6-7-12(13)14(15(20)21)18-16(22)23-9-10-4-2-1-3-5-10/h1-8,14,19H,9H2,(H,18,22)(H,20,21). The molecule has 0 fully saturated rings. The zero-order valence-corrected chi connectivity index (χ0v) is 11.9. The molecule has 1 atom stereocenters. The summed E-state index contributed by atoms with van der Waals surface area (Å²) in [7, 11) is 0. The molecule has 0 radical (unpaired) electrons. The molecular weight excluding hydrogens is 305 g/mol. The van der Waals surface area contributed by atoms with E-state index in [-0.39, 0.29) is 17.9 Å². The van der Waals surface area contributed by atoms with Gasteiger partial charge in [-0.3, -0.25) is 0 Å². The summed E-state index contributed by atoms with van der Waals surface area (Å²) in [5.41, 5.74) is 0.442. The highest BCUT2D eigenvalue weighted by atomic mass is 19.1. The quantitative estimate of drug-likeness (QED) is 0.787. The van der Waals surface area contributed by atoms with Crippen molar-refractivity contribution in [3.05, 3.63) is 65.5 Å². The van der Waals surface area contributed by atoms with Crippen LogP contribution in [0.15, 0.2) is 48.5 Å². The fourth-order valence-corrected chi connectivity index (χ4v) is 1.91. The number of nitrogens with one attached hydrogen (secondary N) is 1. The minimum Gasteiger partial charge on any atom is -0.508 e. The van der Waals surface area contributed by atoms with Gasteiger partial charge < -0.3 is 20.3 Å². The molecule has 1 amide bonds. The first kappa shape index (κ1) is 16.3. The molecule has 7 heteroatoms. The Hall–Kier alpha value is -3.09. The lowest BCUT2D eigenvalue weighted by atomic mass is 10.1. The van der Waals surface area contributed by atoms with Gasteiger partial charge in [-0.05, 0) is 17.7 Å². The molecule has 0 saturated carbocycles. The van der Waals surface area contributed by atoms with Gasteiger partial charge in [-0.15, -0.1) is 0 Å². The van der Waals surface area contributed by atoms with Crippen LogP contribution in [-0.2, 0) is 16.1 Å². The number of amides is 1. The van der Waals surface area contributed by atoms with Crippen molar-refractivity contribution in [2.75, 3.05) is 0 Å². The molecule has 6 nitrogen and oxygen atoms in total. The van der Waals surface area contributed by atoms with E-state index in [1.54, 1.807) is 30.3 Å². The van der Waals surface area contributed by atoms with Crippen LogP contribution in [0.5, 0.6) is 5.75 Å². The summed E-state index contributed by atoms with van der Waals surface area (Å²) < 4.78 is 18.7. The van der Waals surface area contributed by atoms with Crippen molar-refractivity contribution in [3.63, 3.8) is 0 Å². The van der Waals surface area contributed by atoms with Gasteiger partial charge in [-0.25, -0.2) is 14.0 Å². The average Bonchev–Trinajstić information content (AvgIpc) is 2.52. The third-order valence-corrected chi connectivity index (χ3v) is 3.02. The van der Waals surface area contributed by atoms with E-state index in [2.05, 4.69) is 5.32 Å². The number of hydrogen-bond donors (Lipinski definition) is 3. The molecule has 23 heavy (non-hydrogen) atoms. The van der Waals surface area contributed by atoms with Crippen LogP contribution >= 0.6 is 0 Å². The van der Waals surface area contributed by atoms with Gasteiger partial charge in [0.15, 0.2) is 6.04 Å². The van der Waals surface area contributed by atoms with E-state index in [9.17, 15) is 14.0 Å². The smallest absolute Gasteiger partial charge is 0.408 e. The van der Waals surface area contributed by atoms with Crippen LogP contribution in [0.4, 0.5) is 9.18 Å². The van der Waals surface area contributed by atoms with E-state index in [0.29, 0.717) is 0 Å². The maximum absolute atomic E-state index is 13.7. The Morgan fingerprint density at radius 2 is 1.87 bits per heavy atom. The summed E-state index contributed by atoms with van der Waals surface area (Å²) in [5, 5.41) is 20.4. The van der Waals surface area contributed by atoms with Gasteiger partial charge in [0.1, 0.15) is 18.2 Å². The molecule has 1 unspecified atom stereocenters. The first-order chi connectivity index (χ1) is 11.0. The van der Waals surface area contributed by atoms with E-state index in [1.807, 2.05) is 0 Å². The lowest BCUT2D eigenvalue weighted by Crippen LogP contribution is -2.34. The first-order valence-electron chi connectivity index (χ1n) is 6.66. The fraction of sp³-hybridized carbons (Fsp3) is 0.125. The molecular formula is C16H14FNO5. The summed E-state index contributed by atoms with van der Waals surface area (Å²) in [4.78, 5) is 23.0. The number of carboxylic acids is 1. The number of aromatic hydroxyl groups is 1. The van der Waals surface area contributed by atoms with Crippen LogP contribution in [0, 0.1) is 5.82 Å². The van der Waals surface area contributed by atoms with Crippen LogP contribution in [0.1, 0.15) is 17.2 Å². The van der Waals surface area contributed by atoms with Gasteiger partial charge in [0.05, 0.1) is 0 Å². The van der Waals surface area contributed by atoms with Gasteiger partial charge in [0.25, 0.3) is 0 Å². The van der Waals surface area contributed by atoms with E-state index >= 15 is 0 Å². The summed E-state index contributed by atoms with van der Waals surface area (Å²) in [6, 6.07) is 10.2. The number of alkyl carbamates (subject to hydrolysis) is 1. The van der Waals surface area contributed by atoms with E-state index in [1.165, 1.54) is 0 Å². The third-order valence-electron chi connectivity index (χ3n) is 3.02. The van der Waals surface area contributed by atoms with Gasteiger partial charge >= 0.3 is 12.1 Å². The SMILES string of the molecule is O=C(NC(C(=O)O)c1ccc(O)cc1F)OCc1ccccc1. The minimum absolute atomic E-state index is 0.0446. The van der Waals surface area contributed by atoms with Crippen molar-refractivity contribution in [2.45, 2.75) is 12.6 Å². The highest BCUT2D eigenvalue weighted by molar-refractivity contribution is 5.81. The Morgan fingerprint density at radius 1 is 1.17 bits per heavy atom. The van der Waals surface area contributed by atoms with Gasteiger partial charge in [-0.1, -0.05) is 30.3 Å². The second kappa shape index (κ2) is 7.26. The second-order valence-electron chi connectivity index (χ2n) is 4.68. The Bertz CT molecular complexity index is 705. The number of aliphatic carboxylic acids is 1. The maximum atomic E-state index is 13.7. The lowest BCUT2D eigenvalue weighted by Gasteiger charge is -2.15. The van der Waals surface area contributed by atoms with Crippen LogP contribution < -0.4 is 5.32 Å². The van der Waals surface area contributed by atoms with Crippen molar-refractivity contribution in [2.24, 2.45) is 0 Å². The first-order valence-corrected chi connectivity index (χ1v) is 6.66. The number of hydrogen-bond acceptors (Lipinski definition) is 4. The van der Waals surface area contributed by atoms with Gasteiger partial charge in [-0.2, -0.15) is 0 Å². The number of halogens is 1. The largest absolute Gasteiger partial charge is 0.508 e. The molecule has 0 aromatic heterocycles. The monoisotopic (exact) mass is 319 g/mol. The number of carboxylic acid groups (broad SMARTS) is 1. The van der Waals surface area contributed by atoms with Crippen molar-refractivity contribution in [1.29, 1.82) is 0 Å². The molecule has 2 aromatic carbocycles. The lowest BCUT2D eigenvalue weighted by molar-refractivity contribution is -0.139. The number of ether oxygens (including phenoxy) is 1. The Labute approximate surface area is 131 Å². The predicted octanol–water partition coefficient (Wildman–Crippen LogP) is 2.58. The molecule has 0 saturated heterocycles. The minimum atomic E-state index is -1.63. The zero-order chi connectivity index (χ0) is 16.8. The summed E-state index contributed by atoms with van der Waals surface area (Å²) in [6.07, 6.45) is -0.992. The normalized spacial score (nSPS) is 11.5. The Morgan fingerprint density at radius 3 is 2.48 bits per heavy atom. The average molecular weight is 319 g/mol. The van der Waals surface area contributed by atoms with Crippen molar-refractivity contribution in [3.8, 4) is 5.75 Å². The highest BCUT2D eigenvalue weighted by Crippen LogP contribution is 2.21. The summed E-state index contributed by atoms with van der Waals surface area (Å²) in [6.45, 7) is -0.0446. The fourth-order valence-electron chi connectivity index (χ4n) is 1.91. The highest BCUT2D eigenvalue weighted by Gasteiger charge is 2.26. The molecule has 0 aliphatic rings. The second-order valence-corrected chi connectivity index (χ2v) is 4.68.